The Morgan fingerprint density at radius 1 is 0.786 bits per heavy atom. The molecule has 7 heteroatoms. The lowest BCUT2D eigenvalue weighted by molar-refractivity contribution is -0.125. The van der Waals surface area contributed by atoms with Gasteiger partial charge in [0.2, 0.25) is 11.8 Å². The van der Waals surface area contributed by atoms with E-state index in [4.69, 9.17) is 0 Å². The van der Waals surface area contributed by atoms with Gasteiger partial charge in [-0.3, -0.25) is 9.59 Å². The maximum absolute atomic E-state index is 12.1. The first-order valence-electron chi connectivity index (χ1n) is 9.87. The van der Waals surface area contributed by atoms with Crippen molar-refractivity contribution in [3.8, 4) is 0 Å². The average Bonchev–Trinajstić information content (AvgIpc) is 2.72. The Bertz CT molecular complexity index is 623. The highest BCUT2D eigenvalue weighted by Crippen LogP contribution is 2.25. The molecular weight excluding hydrogens is 360 g/mol. The SMILES string of the molecule is CCC(C)C(=O)NCc1cc(CNC(=O)C(C)CC)c(CO)c(CO)c1CO. The van der Waals surface area contributed by atoms with Crippen molar-refractivity contribution in [1.82, 2.24) is 10.6 Å². The summed E-state index contributed by atoms with van der Waals surface area (Å²) in [5, 5.41) is 35.1. The highest BCUT2D eigenvalue weighted by atomic mass is 16.3. The van der Waals surface area contributed by atoms with Gasteiger partial charge in [0.05, 0.1) is 19.8 Å². The molecule has 0 bridgehead atoms. The van der Waals surface area contributed by atoms with Crippen LogP contribution in [0.4, 0.5) is 0 Å². The Morgan fingerprint density at radius 2 is 1.14 bits per heavy atom. The van der Waals surface area contributed by atoms with Crippen LogP contribution in [0, 0.1) is 11.8 Å². The molecule has 2 unspecified atom stereocenters. The molecule has 5 N–H and O–H groups in total. The Morgan fingerprint density at radius 3 is 1.43 bits per heavy atom. The predicted molar refractivity (Wildman–Crippen MR) is 107 cm³/mol. The van der Waals surface area contributed by atoms with Gasteiger partial charge in [-0.2, -0.15) is 0 Å². The lowest BCUT2D eigenvalue weighted by Crippen LogP contribution is -2.30. The van der Waals surface area contributed by atoms with Crippen LogP contribution in [0.2, 0.25) is 0 Å². The Hall–Kier alpha value is -1.96. The predicted octanol–water partition coefficient (Wildman–Crippen LogP) is 1.49. The summed E-state index contributed by atoms with van der Waals surface area (Å²) in [4.78, 5) is 24.2. The summed E-state index contributed by atoms with van der Waals surface area (Å²) in [5.41, 5.74) is 2.75. The van der Waals surface area contributed by atoms with E-state index in [0.717, 1.165) is 12.8 Å². The fraction of sp³-hybridized carbons (Fsp3) is 0.619. The molecule has 0 radical (unpaired) electrons. The van der Waals surface area contributed by atoms with Crippen molar-refractivity contribution in [2.24, 2.45) is 11.8 Å². The van der Waals surface area contributed by atoms with E-state index in [2.05, 4.69) is 10.6 Å². The van der Waals surface area contributed by atoms with Gasteiger partial charge in [0.25, 0.3) is 0 Å². The topological polar surface area (TPSA) is 119 Å². The minimum Gasteiger partial charge on any atom is -0.392 e. The van der Waals surface area contributed by atoms with Crippen LogP contribution in [-0.2, 0) is 42.5 Å². The lowest BCUT2D eigenvalue weighted by Gasteiger charge is -2.21. The Balaban J connectivity index is 3.20. The van der Waals surface area contributed by atoms with E-state index in [1.807, 2.05) is 27.7 Å². The van der Waals surface area contributed by atoms with Crippen LogP contribution in [-0.4, -0.2) is 27.1 Å². The zero-order valence-corrected chi connectivity index (χ0v) is 17.3. The molecule has 0 aliphatic carbocycles. The minimum atomic E-state index is -0.356. The molecular formula is C21H34N2O5. The van der Waals surface area contributed by atoms with Gasteiger partial charge >= 0.3 is 0 Å². The molecule has 0 saturated heterocycles. The van der Waals surface area contributed by atoms with E-state index >= 15 is 0 Å². The molecule has 28 heavy (non-hydrogen) atoms. The standard InChI is InChI=1S/C21H34N2O5/c1-5-13(3)20(27)22-8-15-7-16(9-23-21(28)14(4)6-2)18(11-25)19(12-26)17(15)10-24/h7,13-14,24-26H,5-6,8-12H2,1-4H3,(H,22,27)(H,23,28). The van der Waals surface area contributed by atoms with E-state index in [9.17, 15) is 24.9 Å². The molecule has 0 heterocycles. The van der Waals surface area contributed by atoms with Gasteiger partial charge in [-0.15, -0.1) is 0 Å². The quantitative estimate of drug-likeness (QED) is 0.390. The summed E-state index contributed by atoms with van der Waals surface area (Å²) in [6.07, 6.45) is 1.44. The van der Waals surface area contributed by atoms with Crippen LogP contribution >= 0.6 is 0 Å². The zero-order valence-electron chi connectivity index (χ0n) is 17.3. The second kappa shape index (κ2) is 11.8. The molecule has 0 fully saturated rings. The fourth-order valence-corrected chi connectivity index (χ4v) is 2.94. The van der Waals surface area contributed by atoms with E-state index in [0.29, 0.717) is 27.8 Å². The highest BCUT2D eigenvalue weighted by Gasteiger charge is 2.19. The number of hydrogen-bond donors (Lipinski definition) is 5. The molecule has 158 valence electrons. The first-order chi connectivity index (χ1) is 13.3. The minimum absolute atomic E-state index is 0.0882. The molecule has 0 saturated carbocycles. The van der Waals surface area contributed by atoms with E-state index in [-0.39, 0.29) is 56.6 Å². The molecule has 1 aromatic carbocycles. The number of benzene rings is 1. The summed E-state index contributed by atoms with van der Waals surface area (Å²) in [5.74, 6) is -0.425. The van der Waals surface area contributed by atoms with Crippen LogP contribution < -0.4 is 10.6 Å². The lowest BCUT2D eigenvalue weighted by atomic mass is 9.91. The maximum atomic E-state index is 12.1. The van der Waals surface area contributed by atoms with E-state index in [1.54, 1.807) is 6.07 Å². The molecule has 2 amide bonds. The maximum Gasteiger partial charge on any atom is 0.223 e. The summed E-state index contributed by atoms with van der Waals surface area (Å²) in [6, 6.07) is 1.77. The first-order valence-corrected chi connectivity index (χ1v) is 9.87. The van der Waals surface area contributed by atoms with Gasteiger partial charge < -0.3 is 26.0 Å². The third-order valence-electron chi connectivity index (χ3n) is 5.35. The summed E-state index contributed by atoms with van der Waals surface area (Å²) < 4.78 is 0. The Kier molecular flexibility index (Phi) is 10.1. The second-order valence-corrected chi connectivity index (χ2v) is 7.16. The van der Waals surface area contributed by atoms with Crippen LogP contribution in [0.5, 0.6) is 0 Å². The summed E-state index contributed by atoms with van der Waals surface area (Å²) >= 11 is 0. The molecule has 0 spiro atoms. The van der Waals surface area contributed by atoms with E-state index < -0.39 is 0 Å². The van der Waals surface area contributed by atoms with Crippen molar-refractivity contribution >= 4 is 11.8 Å². The Labute approximate surface area is 167 Å². The number of carbonyl (C=O) groups is 2. The van der Waals surface area contributed by atoms with Crippen LogP contribution in [0.3, 0.4) is 0 Å². The highest BCUT2D eigenvalue weighted by molar-refractivity contribution is 5.78. The van der Waals surface area contributed by atoms with Crippen molar-refractivity contribution in [2.75, 3.05) is 0 Å². The normalized spacial score (nSPS) is 13.1. The molecule has 1 rings (SSSR count). The van der Waals surface area contributed by atoms with Crippen molar-refractivity contribution in [1.29, 1.82) is 0 Å². The van der Waals surface area contributed by atoms with Crippen molar-refractivity contribution in [3.63, 3.8) is 0 Å². The molecule has 0 aliphatic rings. The van der Waals surface area contributed by atoms with Gasteiger partial charge in [0.15, 0.2) is 0 Å². The second-order valence-electron chi connectivity index (χ2n) is 7.16. The number of carbonyl (C=O) groups excluding carboxylic acids is 2. The van der Waals surface area contributed by atoms with Crippen LogP contribution in [0.15, 0.2) is 6.07 Å². The third kappa shape index (κ3) is 6.02. The first kappa shape index (κ1) is 24.1. The van der Waals surface area contributed by atoms with Gasteiger partial charge in [0, 0.05) is 24.9 Å². The zero-order chi connectivity index (χ0) is 21.3. The monoisotopic (exact) mass is 394 g/mol. The van der Waals surface area contributed by atoms with Crippen molar-refractivity contribution in [2.45, 2.75) is 73.4 Å². The van der Waals surface area contributed by atoms with Gasteiger partial charge in [-0.05, 0) is 40.7 Å². The van der Waals surface area contributed by atoms with E-state index in [1.165, 1.54) is 0 Å². The molecule has 0 aromatic heterocycles. The summed E-state index contributed by atoms with van der Waals surface area (Å²) in [6.45, 7) is 6.94. The largest absolute Gasteiger partial charge is 0.392 e. The summed E-state index contributed by atoms with van der Waals surface area (Å²) in [7, 11) is 0. The van der Waals surface area contributed by atoms with Gasteiger partial charge in [0.1, 0.15) is 0 Å². The van der Waals surface area contributed by atoms with Crippen LogP contribution in [0.25, 0.3) is 0 Å². The number of amides is 2. The van der Waals surface area contributed by atoms with Crippen molar-refractivity contribution in [3.05, 3.63) is 33.9 Å². The molecule has 1 aromatic rings. The van der Waals surface area contributed by atoms with Crippen LogP contribution in [0.1, 0.15) is 68.4 Å². The molecule has 0 aliphatic heterocycles. The average molecular weight is 395 g/mol. The third-order valence-corrected chi connectivity index (χ3v) is 5.35. The fourth-order valence-electron chi connectivity index (χ4n) is 2.94. The number of aliphatic hydroxyl groups excluding tert-OH is 3. The van der Waals surface area contributed by atoms with Gasteiger partial charge in [-0.25, -0.2) is 0 Å². The molecule has 7 nitrogen and oxygen atoms in total. The van der Waals surface area contributed by atoms with Gasteiger partial charge in [-0.1, -0.05) is 33.8 Å². The number of aliphatic hydroxyl groups is 3. The smallest absolute Gasteiger partial charge is 0.223 e. The van der Waals surface area contributed by atoms with Crippen molar-refractivity contribution < 1.29 is 24.9 Å². The molecule has 2 atom stereocenters. The number of rotatable bonds is 11. The number of nitrogens with one attached hydrogen (secondary N) is 2. The number of hydrogen-bond acceptors (Lipinski definition) is 5.